The Labute approximate surface area is 194 Å². The number of aromatic nitrogens is 1. The molecule has 1 saturated carbocycles. The van der Waals surface area contributed by atoms with Gasteiger partial charge in [0.1, 0.15) is 24.4 Å². The highest BCUT2D eigenvalue weighted by atomic mass is 19.4. The Morgan fingerprint density at radius 2 is 1.85 bits per heavy atom. The molecule has 4 rings (SSSR count). The normalized spacial score (nSPS) is 15.3. The first-order valence-corrected chi connectivity index (χ1v) is 11.0. The predicted octanol–water partition coefficient (Wildman–Crippen LogP) is 6.42. The van der Waals surface area contributed by atoms with E-state index < -0.39 is 18.2 Å². The number of nitrogens with zero attached hydrogens (tertiary/aromatic N) is 1. The standard InChI is InChI=1S/C25H24F3NO5/c26-25(27,28)34-23-10-5-16(13-21(23)17-3-1-2-4-17)15-32-19-8-6-18(7-9-19)20(14-24(30)31)22-11-12-33-29-22/h5-13,17,20H,1-4,14-15H2,(H,30,31). The maximum Gasteiger partial charge on any atom is 0.573 e. The molecule has 1 aromatic heterocycles. The molecule has 1 atom stereocenters. The summed E-state index contributed by atoms with van der Waals surface area (Å²) in [6.45, 7) is 0.174. The van der Waals surface area contributed by atoms with Crippen molar-refractivity contribution in [2.45, 2.75) is 56.9 Å². The van der Waals surface area contributed by atoms with Crippen molar-refractivity contribution in [2.75, 3.05) is 0 Å². The van der Waals surface area contributed by atoms with Gasteiger partial charge >= 0.3 is 12.3 Å². The van der Waals surface area contributed by atoms with Crippen molar-refractivity contribution >= 4 is 5.97 Å². The van der Waals surface area contributed by atoms with E-state index in [-0.39, 0.29) is 24.7 Å². The Kier molecular flexibility index (Phi) is 7.09. The van der Waals surface area contributed by atoms with Crippen LogP contribution in [0.1, 0.15) is 66.3 Å². The summed E-state index contributed by atoms with van der Waals surface area (Å²) in [5.41, 5.74) is 2.58. The third-order valence-electron chi connectivity index (χ3n) is 5.98. The summed E-state index contributed by atoms with van der Waals surface area (Å²) in [6, 6.07) is 13.3. The molecule has 0 aliphatic heterocycles. The van der Waals surface area contributed by atoms with Crippen LogP contribution in [-0.4, -0.2) is 22.6 Å². The lowest BCUT2D eigenvalue weighted by Crippen LogP contribution is -2.18. The number of rotatable bonds is 9. The molecule has 0 saturated heterocycles. The molecule has 9 heteroatoms. The summed E-state index contributed by atoms with van der Waals surface area (Å²) in [4.78, 5) is 11.3. The number of benzene rings is 2. The number of carbonyl (C=O) groups is 1. The first kappa shape index (κ1) is 23.7. The molecule has 180 valence electrons. The van der Waals surface area contributed by atoms with E-state index in [1.165, 1.54) is 12.3 Å². The number of carboxylic acid groups (broad SMARTS) is 1. The first-order chi connectivity index (χ1) is 16.3. The van der Waals surface area contributed by atoms with Crippen molar-refractivity contribution in [3.05, 3.63) is 77.2 Å². The summed E-state index contributed by atoms with van der Waals surface area (Å²) in [5, 5.41) is 13.1. The van der Waals surface area contributed by atoms with Crippen LogP contribution in [0.4, 0.5) is 13.2 Å². The van der Waals surface area contributed by atoms with Crippen LogP contribution >= 0.6 is 0 Å². The van der Waals surface area contributed by atoms with E-state index in [4.69, 9.17) is 9.26 Å². The van der Waals surface area contributed by atoms with E-state index in [0.29, 0.717) is 17.0 Å². The number of halogens is 3. The van der Waals surface area contributed by atoms with Gasteiger partial charge in [0.05, 0.1) is 12.1 Å². The van der Waals surface area contributed by atoms with Gasteiger partial charge in [-0.2, -0.15) is 0 Å². The second kappa shape index (κ2) is 10.2. The average Bonchev–Trinajstić information content (AvgIpc) is 3.50. The van der Waals surface area contributed by atoms with Crippen LogP contribution in [0.5, 0.6) is 11.5 Å². The molecule has 1 aliphatic rings. The second-order valence-electron chi connectivity index (χ2n) is 8.33. The van der Waals surface area contributed by atoms with Crippen molar-refractivity contribution < 1.29 is 37.1 Å². The molecule has 0 amide bonds. The Hall–Kier alpha value is -3.49. The van der Waals surface area contributed by atoms with Crippen molar-refractivity contribution in [2.24, 2.45) is 0 Å². The van der Waals surface area contributed by atoms with Crippen LogP contribution in [0.25, 0.3) is 0 Å². The summed E-state index contributed by atoms with van der Waals surface area (Å²) in [7, 11) is 0. The number of alkyl halides is 3. The van der Waals surface area contributed by atoms with Gasteiger partial charge in [0.25, 0.3) is 0 Å². The lowest BCUT2D eigenvalue weighted by Gasteiger charge is -2.19. The van der Waals surface area contributed by atoms with Crippen LogP contribution < -0.4 is 9.47 Å². The molecule has 6 nitrogen and oxygen atoms in total. The van der Waals surface area contributed by atoms with Gasteiger partial charge in [-0.05, 0) is 59.7 Å². The SMILES string of the molecule is O=C(O)CC(c1ccc(OCc2ccc(OC(F)(F)F)c(C3CCCC3)c2)cc1)c1ccon1. The van der Waals surface area contributed by atoms with Crippen molar-refractivity contribution in [3.63, 3.8) is 0 Å². The zero-order valence-corrected chi connectivity index (χ0v) is 18.3. The number of aliphatic carboxylic acids is 1. The summed E-state index contributed by atoms with van der Waals surface area (Å²) < 4.78 is 53.5. The maximum atomic E-state index is 12.8. The molecule has 2 aromatic carbocycles. The highest BCUT2D eigenvalue weighted by molar-refractivity contribution is 5.68. The third-order valence-corrected chi connectivity index (χ3v) is 5.98. The van der Waals surface area contributed by atoms with E-state index >= 15 is 0 Å². The zero-order valence-electron chi connectivity index (χ0n) is 18.3. The Morgan fingerprint density at radius 1 is 1.12 bits per heavy atom. The van der Waals surface area contributed by atoms with Crippen molar-refractivity contribution in [1.82, 2.24) is 5.16 Å². The number of carboxylic acids is 1. The molecular weight excluding hydrogens is 451 g/mol. The topological polar surface area (TPSA) is 81.8 Å². The minimum atomic E-state index is -4.74. The van der Waals surface area contributed by atoms with Gasteiger partial charge in [-0.1, -0.05) is 36.2 Å². The highest BCUT2D eigenvalue weighted by Crippen LogP contribution is 2.41. The van der Waals surface area contributed by atoms with Gasteiger partial charge in [-0.3, -0.25) is 4.79 Å². The number of hydrogen-bond donors (Lipinski definition) is 1. The summed E-state index contributed by atoms with van der Waals surface area (Å²) >= 11 is 0. The minimum Gasteiger partial charge on any atom is -0.489 e. The molecule has 3 aromatic rings. The van der Waals surface area contributed by atoms with Gasteiger partial charge in [-0.15, -0.1) is 13.2 Å². The minimum absolute atomic E-state index is 0.0410. The Morgan fingerprint density at radius 3 is 2.47 bits per heavy atom. The van der Waals surface area contributed by atoms with Crippen molar-refractivity contribution in [1.29, 1.82) is 0 Å². The summed E-state index contributed by atoms with van der Waals surface area (Å²) in [6.07, 6.45) is 0.167. The molecule has 0 bridgehead atoms. The number of hydrogen-bond acceptors (Lipinski definition) is 5. The van der Waals surface area contributed by atoms with Crippen LogP contribution in [0.3, 0.4) is 0 Å². The van der Waals surface area contributed by atoms with E-state index in [9.17, 15) is 23.1 Å². The molecule has 1 N–H and O–H groups in total. The quantitative estimate of drug-likeness (QED) is 0.385. The highest BCUT2D eigenvalue weighted by Gasteiger charge is 2.33. The third kappa shape index (κ3) is 6.09. The lowest BCUT2D eigenvalue weighted by molar-refractivity contribution is -0.275. The van der Waals surface area contributed by atoms with Crippen LogP contribution in [-0.2, 0) is 11.4 Å². The van der Waals surface area contributed by atoms with Crippen LogP contribution in [0.15, 0.2) is 59.3 Å². The van der Waals surface area contributed by atoms with Gasteiger partial charge < -0.3 is 19.1 Å². The van der Waals surface area contributed by atoms with Gasteiger partial charge in [0, 0.05) is 12.0 Å². The largest absolute Gasteiger partial charge is 0.573 e. The molecular formula is C25H24F3NO5. The fraction of sp³-hybridized carbons (Fsp3) is 0.360. The van der Waals surface area contributed by atoms with Gasteiger partial charge in [0.2, 0.25) is 0 Å². The second-order valence-corrected chi connectivity index (χ2v) is 8.33. The Balaban J connectivity index is 1.46. The van der Waals surface area contributed by atoms with Crippen molar-refractivity contribution in [3.8, 4) is 11.5 Å². The van der Waals surface area contributed by atoms with Gasteiger partial charge in [-0.25, -0.2) is 0 Å². The molecule has 1 aliphatic carbocycles. The molecule has 1 heterocycles. The zero-order chi connectivity index (χ0) is 24.1. The summed E-state index contributed by atoms with van der Waals surface area (Å²) in [5.74, 6) is -0.968. The first-order valence-electron chi connectivity index (χ1n) is 11.0. The molecule has 1 fully saturated rings. The number of ether oxygens (including phenoxy) is 2. The van der Waals surface area contributed by atoms with Gasteiger partial charge in [0.15, 0.2) is 0 Å². The lowest BCUT2D eigenvalue weighted by atomic mass is 9.92. The van der Waals surface area contributed by atoms with Crippen LogP contribution in [0, 0.1) is 0 Å². The van der Waals surface area contributed by atoms with E-state index in [1.54, 1.807) is 42.5 Å². The fourth-order valence-electron chi connectivity index (χ4n) is 4.39. The predicted molar refractivity (Wildman–Crippen MR) is 116 cm³/mol. The van der Waals surface area contributed by atoms with Crippen LogP contribution in [0.2, 0.25) is 0 Å². The van der Waals surface area contributed by atoms with E-state index in [1.807, 2.05) is 0 Å². The fourth-order valence-corrected chi connectivity index (χ4v) is 4.39. The molecule has 0 radical (unpaired) electrons. The van der Waals surface area contributed by atoms with E-state index in [0.717, 1.165) is 36.8 Å². The molecule has 34 heavy (non-hydrogen) atoms. The monoisotopic (exact) mass is 475 g/mol. The smallest absolute Gasteiger partial charge is 0.489 e. The maximum absolute atomic E-state index is 12.8. The Bertz CT molecular complexity index is 1090. The molecule has 0 spiro atoms. The molecule has 1 unspecified atom stereocenters. The average molecular weight is 475 g/mol. The van der Waals surface area contributed by atoms with E-state index in [2.05, 4.69) is 9.89 Å².